The first-order valence-corrected chi connectivity index (χ1v) is 4.07. The van der Waals surface area contributed by atoms with Gasteiger partial charge in [0.15, 0.2) is 0 Å². The molecule has 0 saturated heterocycles. The molecule has 0 radical (unpaired) electrons. The molecule has 0 spiro atoms. The van der Waals surface area contributed by atoms with Gasteiger partial charge in [0.1, 0.15) is 5.15 Å². The Kier molecular flexibility index (Phi) is 3.28. The lowest BCUT2D eigenvalue weighted by Gasteiger charge is -1.96. The molecule has 0 aliphatic heterocycles. The van der Waals surface area contributed by atoms with Gasteiger partial charge >= 0.3 is 5.97 Å². The fourth-order valence-electron chi connectivity index (χ4n) is 0.702. The maximum atomic E-state index is 10.2. The summed E-state index contributed by atoms with van der Waals surface area (Å²) in [5, 5.41) is 8.99. The van der Waals surface area contributed by atoms with Crippen molar-refractivity contribution in [1.82, 2.24) is 4.98 Å². The summed E-state index contributed by atoms with van der Waals surface area (Å²) >= 11 is 11.3. The van der Waals surface area contributed by atoms with E-state index in [1.54, 1.807) is 0 Å². The van der Waals surface area contributed by atoms with Gasteiger partial charge in [-0.3, -0.25) is 0 Å². The molecule has 0 saturated carbocycles. The Bertz CT molecular complexity index is 363. The second-order valence-corrected chi connectivity index (χ2v) is 2.99. The van der Waals surface area contributed by atoms with Crippen molar-refractivity contribution in [2.24, 2.45) is 0 Å². The molecule has 68 valence electrons. The summed E-state index contributed by atoms with van der Waals surface area (Å²) in [4.78, 5) is 13.9. The van der Waals surface area contributed by atoms with Gasteiger partial charge in [-0.05, 0) is 12.1 Å². The van der Waals surface area contributed by atoms with Crippen molar-refractivity contribution in [3.8, 4) is 0 Å². The third-order valence-electron chi connectivity index (χ3n) is 1.25. The van der Waals surface area contributed by atoms with E-state index < -0.39 is 5.97 Å². The molecule has 1 aromatic rings. The number of pyridine rings is 1. The van der Waals surface area contributed by atoms with E-state index in [4.69, 9.17) is 28.3 Å². The Morgan fingerprint density at radius 3 is 2.77 bits per heavy atom. The number of carboxylic acids is 1. The maximum Gasteiger partial charge on any atom is 0.328 e. The first-order chi connectivity index (χ1) is 6.09. The van der Waals surface area contributed by atoms with Crippen molar-refractivity contribution in [3.63, 3.8) is 0 Å². The van der Waals surface area contributed by atoms with Crippen molar-refractivity contribution < 1.29 is 9.90 Å². The van der Waals surface area contributed by atoms with Crippen LogP contribution < -0.4 is 0 Å². The lowest BCUT2D eigenvalue weighted by atomic mass is 10.2. The number of hydrogen-bond donors (Lipinski definition) is 1. The van der Waals surface area contributed by atoms with Crippen LogP contribution in [-0.4, -0.2) is 16.1 Å². The Morgan fingerprint density at radius 1 is 1.54 bits per heavy atom. The second-order valence-electron chi connectivity index (χ2n) is 2.20. The molecule has 0 fully saturated rings. The van der Waals surface area contributed by atoms with E-state index in [1.807, 2.05) is 0 Å². The van der Waals surface area contributed by atoms with Crippen LogP contribution in [0.2, 0.25) is 10.2 Å². The Balaban J connectivity index is 2.96. The van der Waals surface area contributed by atoms with Gasteiger partial charge in [0, 0.05) is 17.8 Å². The maximum absolute atomic E-state index is 10.2. The van der Waals surface area contributed by atoms with Crippen LogP contribution >= 0.6 is 23.2 Å². The minimum atomic E-state index is -1.04. The monoisotopic (exact) mass is 217 g/mol. The van der Waals surface area contributed by atoms with Crippen molar-refractivity contribution in [2.45, 2.75) is 0 Å². The standard InChI is InChI=1S/C8H5Cl2NO2/c9-6-3-7(10)11-4-5(6)1-2-8(12)13/h1-4H,(H,12,13)/b2-1+. The van der Waals surface area contributed by atoms with E-state index in [0.29, 0.717) is 10.6 Å². The van der Waals surface area contributed by atoms with Gasteiger partial charge in [0.2, 0.25) is 0 Å². The van der Waals surface area contributed by atoms with Crippen LogP contribution in [0.5, 0.6) is 0 Å². The van der Waals surface area contributed by atoms with Crippen molar-refractivity contribution >= 4 is 35.2 Å². The molecule has 1 aromatic heterocycles. The molecule has 3 nitrogen and oxygen atoms in total. The molecule has 0 aromatic carbocycles. The number of carbonyl (C=O) groups is 1. The van der Waals surface area contributed by atoms with Gasteiger partial charge in [-0.2, -0.15) is 0 Å². The topological polar surface area (TPSA) is 50.2 Å². The molecule has 0 amide bonds. The van der Waals surface area contributed by atoms with Gasteiger partial charge in [0.25, 0.3) is 0 Å². The number of nitrogens with zero attached hydrogens (tertiary/aromatic N) is 1. The number of carboxylic acid groups (broad SMARTS) is 1. The zero-order valence-electron chi connectivity index (χ0n) is 6.37. The van der Waals surface area contributed by atoms with Crippen molar-refractivity contribution in [1.29, 1.82) is 0 Å². The van der Waals surface area contributed by atoms with Gasteiger partial charge < -0.3 is 5.11 Å². The van der Waals surface area contributed by atoms with E-state index in [2.05, 4.69) is 4.98 Å². The Hall–Kier alpha value is -1.06. The number of aliphatic carboxylic acids is 1. The highest BCUT2D eigenvalue weighted by atomic mass is 35.5. The van der Waals surface area contributed by atoms with Gasteiger partial charge in [-0.25, -0.2) is 9.78 Å². The van der Waals surface area contributed by atoms with E-state index in [9.17, 15) is 4.79 Å². The largest absolute Gasteiger partial charge is 0.478 e. The van der Waals surface area contributed by atoms with Gasteiger partial charge in [-0.15, -0.1) is 0 Å². The third kappa shape index (κ3) is 3.05. The van der Waals surface area contributed by atoms with Crippen LogP contribution in [0, 0.1) is 0 Å². The summed E-state index contributed by atoms with van der Waals surface area (Å²) in [5.74, 6) is -1.04. The lowest BCUT2D eigenvalue weighted by Crippen LogP contribution is -1.86. The fourth-order valence-corrected chi connectivity index (χ4v) is 1.13. The molecule has 13 heavy (non-hydrogen) atoms. The number of rotatable bonds is 2. The predicted octanol–water partition coefficient (Wildman–Crippen LogP) is 2.49. The molecule has 0 unspecified atom stereocenters. The highest BCUT2D eigenvalue weighted by molar-refractivity contribution is 6.34. The van der Waals surface area contributed by atoms with Crippen LogP contribution in [0.1, 0.15) is 5.56 Å². The molecule has 0 aliphatic rings. The zero-order chi connectivity index (χ0) is 9.84. The van der Waals surface area contributed by atoms with E-state index in [0.717, 1.165) is 6.08 Å². The smallest absolute Gasteiger partial charge is 0.328 e. The minimum Gasteiger partial charge on any atom is -0.478 e. The normalized spacial score (nSPS) is 10.6. The van der Waals surface area contributed by atoms with E-state index in [1.165, 1.54) is 18.3 Å². The number of halogens is 2. The highest BCUT2D eigenvalue weighted by Crippen LogP contribution is 2.19. The molecule has 0 aliphatic carbocycles. The molecular formula is C8H5Cl2NO2. The molecule has 1 heterocycles. The molecule has 1 rings (SSSR count). The average Bonchev–Trinajstić information content (AvgIpc) is 2.02. The summed E-state index contributed by atoms with van der Waals surface area (Å²) in [6, 6.07) is 1.45. The summed E-state index contributed by atoms with van der Waals surface area (Å²) in [6.45, 7) is 0. The Morgan fingerprint density at radius 2 is 2.23 bits per heavy atom. The first-order valence-electron chi connectivity index (χ1n) is 3.31. The third-order valence-corrected chi connectivity index (χ3v) is 1.79. The molecule has 0 atom stereocenters. The summed E-state index contributed by atoms with van der Waals surface area (Å²) in [7, 11) is 0. The van der Waals surface area contributed by atoms with Crippen LogP contribution in [0.25, 0.3) is 6.08 Å². The zero-order valence-corrected chi connectivity index (χ0v) is 7.88. The fraction of sp³-hybridized carbons (Fsp3) is 0. The summed E-state index contributed by atoms with van der Waals surface area (Å²) in [5.41, 5.74) is 0.522. The minimum absolute atomic E-state index is 0.275. The average molecular weight is 218 g/mol. The number of aromatic nitrogens is 1. The lowest BCUT2D eigenvalue weighted by molar-refractivity contribution is -0.131. The van der Waals surface area contributed by atoms with Gasteiger partial charge in [0.05, 0.1) is 5.02 Å². The molecular weight excluding hydrogens is 213 g/mol. The quantitative estimate of drug-likeness (QED) is 0.612. The van der Waals surface area contributed by atoms with E-state index in [-0.39, 0.29) is 5.15 Å². The molecule has 0 bridgehead atoms. The van der Waals surface area contributed by atoms with Crippen LogP contribution in [0.4, 0.5) is 0 Å². The Labute approximate surface area is 84.6 Å². The predicted molar refractivity (Wildman–Crippen MR) is 50.9 cm³/mol. The number of hydrogen-bond acceptors (Lipinski definition) is 2. The van der Waals surface area contributed by atoms with Crippen molar-refractivity contribution in [3.05, 3.63) is 34.1 Å². The first kappa shape index (κ1) is 10.0. The van der Waals surface area contributed by atoms with Crippen LogP contribution in [-0.2, 0) is 4.79 Å². The van der Waals surface area contributed by atoms with Crippen molar-refractivity contribution in [2.75, 3.05) is 0 Å². The highest BCUT2D eigenvalue weighted by Gasteiger charge is 1.98. The summed E-state index contributed by atoms with van der Waals surface area (Å²) < 4.78 is 0. The van der Waals surface area contributed by atoms with Crippen LogP contribution in [0.3, 0.4) is 0 Å². The SMILES string of the molecule is O=C(O)/C=C/c1cnc(Cl)cc1Cl. The molecule has 5 heteroatoms. The van der Waals surface area contributed by atoms with Crippen LogP contribution in [0.15, 0.2) is 18.3 Å². The summed E-state index contributed by atoms with van der Waals surface area (Å²) in [6.07, 6.45) is 3.74. The van der Waals surface area contributed by atoms with Gasteiger partial charge in [-0.1, -0.05) is 23.2 Å². The molecule has 1 N–H and O–H groups in total. The second kappa shape index (κ2) is 4.25. The van der Waals surface area contributed by atoms with E-state index >= 15 is 0 Å².